The number of nitrogens with zero attached hydrogens (tertiary/aromatic N) is 2. The quantitative estimate of drug-likeness (QED) is 0.580. The van der Waals surface area contributed by atoms with E-state index in [4.69, 9.17) is 17.0 Å². The van der Waals surface area contributed by atoms with Crippen molar-refractivity contribution in [2.45, 2.75) is 20.8 Å². The first kappa shape index (κ1) is 20.8. The fraction of sp³-hybridized carbons (Fsp3) is 0.429. The first-order valence-corrected chi connectivity index (χ1v) is 10.9. The summed E-state index contributed by atoms with van der Waals surface area (Å²) in [7, 11) is 0. The van der Waals surface area contributed by atoms with Crippen molar-refractivity contribution in [3.8, 4) is 11.1 Å². The summed E-state index contributed by atoms with van der Waals surface area (Å²) in [5.41, 5.74) is 2.50. The van der Waals surface area contributed by atoms with Gasteiger partial charge in [0.05, 0.1) is 6.61 Å². The summed E-state index contributed by atoms with van der Waals surface area (Å²) >= 11 is 7.21. The van der Waals surface area contributed by atoms with E-state index >= 15 is 0 Å². The number of hydrogen-bond donors (Lipinski definition) is 1. The molecule has 0 spiro atoms. The van der Waals surface area contributed by atoms with Crippen molar-refractivity contribution in [3.63, 3.8) is 0 Å². The number of likely N-dealkylation sites (N-methyl/N-ethyl adjacent to an activating group) is 1. The molecule has 1 N–H and O–H groups in total. The van der Waals surface area contributed by atoms with Crippen LogP contribution < -0.4 is 5.32 Å². The normalized spacial score (nSPS) is 14.8. The van der Waals surface area contributed by atoms with Crippen LogP contribution in [0.3, 0.4) is 0 Å². The number of ether oxygens (including phenoxy) is 1. The number of nitrogens with one attached hydrogen (secondary N) is 1. The predicted octanol–water partition coefficient (Wildman–Crippen LogP) is 4.23. The summed E-state index contributed by atoms with van der Waals surface area (Å²) < 4.78 is 5.36. The van der Waals surface area contributed by atoms with E-state index in [2.05, 4.69) is 22.0 Å². The molecule has 1 aromatic carbocycles. The number of hydrogen-bond acceptors (Lipinski definition) is 5. The molecular weight excluding hydrogens is 390 g/mol. The van der Waals surface area contributed by atoms with Crippen molar-refractivity contribution in [3.05, 3.63) is 40.8 Å². The number of piperazine rings is 1. The van der Waals surface area contributed by atoms with Crippen molar-refractivity contribution < 1.29 is 9.53 Å². The minimum absolute atomic E-state index is 0.313. The first-order chi connectivity index (χ1) is 13.5. The van der Waals surface area contributed by atoms with E-state index in [1.807, 2.05) is 44.2 Å². The highest BCUT2D eigenvalue weighted by molar-refractivity contribution is 7.80. The van der Waals surface area contributed by atoms with Gasteiger partial charge in [0, 0.05) is 36.6 Å². The molecule has 0 saturated carbocycles. The molecule has 1 fully saturated rings. The summed E-state index contributed by atoms with van der Waals surface area (Å²) in [6.07, 6.45) is 0. The second-order valence-corrected chi connectivity index (χ2v) is 8.29. The molecule has 0 bridgehead atoms. The van der Waals surface area contributed by atoms with Gasteiger partial charge in [-0.3, -0.25) is 0 Å². The maximum absolute atomic E-state index is 12.8. The minimum atomic E-state index is -0.313. The van der Waals surface area contributed by atoms with Gasteiger partial charge in [-0.05, 0) is 38.2 Å². The minimum Gasteiger partial charge on any atom is -0.462 e. The van der Waals surface area contributed by atoms with Crippen LogP contribution in [0.4, 0.5) is 5.00 Å². The zero-order chi connectivity index (χ0) is 20.1. The number of benzene rings is 1. The van der Waals surface area contributed by atoms with Gasteiger partial charge in [0.2, 0.25) is 0 Å². The van der Waals surface area contributed by atoms with Crippen LogP contribution in [0.2, 0.25) is 0 Å². The van der Waals surface area contributed by atoms with Crippen molar-refractivity contribution in [2.24, 2.45) is 0 Å². The Kier molecular flexibility index (Phi) is 7.04. The molecule has 1 aromatic heterocycles. The number of carbonyl (C=O) groups is 1. The van der Waals surface area contributed by atoms with Crippen LogP contribution in [-0.4, -0.2) is 60.2 Å². The molecule has 0 amide bonds. The highest BCUT2D eigenvalue weighted by Gasteiger charge is 2.26. The predicted molar refractivity (Wildman–Crippen MR) is 120 cm³/mol. The Morgan fingerprint density at radius 3 is 2.46 bits per heavy atom. The van der Waals surface area contributed by atoms with Gasteiger partial charge in [0.1, 0.15) is 10.6 Å². The molecule has 0 radical (unpaired) electrons. The number of esters is 1. The molecule has 2 heterocycles. The van der Waals surface area contributed by atoms with Crippen LogP contribution in [-0.2, 0) is 4.74 Å². The maximum atomic E-state index is 12.8. The van der Waals surface area contributed by atoms with E-state index in [0.717, 1.165) is 53.7 Å². The Morgan fingerprint density at radius 1 is 1.18 bits per heavy atom. The van der Waals surface area contributed by atoms with E-state index in [9.17, 15) is 4.79 Å². The van der Waals surface area contributed by atoms with Crippen LogP contribution in [0.25, 0.3) is 11.1 Å². The Bertz CT molecular complexity index is 828. The lowest BCUT2D eigenvalue weighted by Crippen LogP contribution is -2.49. The van der Waals surface area contributed by atoms with Gasteiger partial charge in [-0.15, -0.1) is 11.3 Å². The molecule has 5 nitrogen and oxygen atoms in total. The molecule has 0 aliphatic carbocycles. The highest BCUT2D eigenvalue weighted by Crippen LogP contribution is 2.40. The molecular formula is C21H27N3O2S2. The van der Waals surface area contributed by atoms with Crippen LogP contribution in [0.1, 0.15) is 29.1 Å². The average molecular weight is 418 g/mol. The van der Waals surface area contributed by atoms with E-state index in [0.29, 0.717) is 17.3 Å². The molecule has 1 aliphatic rings. The number of thiocarbonyl (C=S) groups is 1. The molecule has 150 valence electrons. The summed E-state index contributed by atoms with van der Waals surface area (Å²) in [6, 6.07) is 9.96. The average Bonchev–Trinajstić information content (AvgIpc) is 3.04. The van der Waals surface area contributed by atoms with E-state index in [-0.39, 0.29) is 5.97 Å². The summed E-state index contributed by atoms with van der Waals surface area (Å²) in [4.78, 5) is 18.4. The fourth-order valence-electron chi connectivity index (χ4n) is 3.43. The van der Waals surface area contributed by atoms with E-state index in [1.54, 1.807) is 11.3 Å². The van der Waals surface area contributed by atoms with E-state index < -0.39 is 0 Å². The second-order valence-electron chi connectivity index (χ2n) is 6.68. The molecule has 1 saturated heterocycles. The number of anilines is 1. The van der Waals surface area contributed by atoms with Crippen molar-refractivity contribution >= 4 is 39.6 Å². The topological polar surface area (TPSA) is 44.8 Å². The molecule has 0 atom stereocenters. The molecule has 1 aliphatic heterocycles. The molecule has 3 rings (SSSR count). The number of carbonyl (C=O) groups excluding carboxylic acids is 1. The zero-order valence-corrected chi connectivity index (χ0v) is 18.3. The SMILES string of the molecule is CCOC(=O)c1c(NC(=S)N2CCN(CC)CC2)sc(C)c1-c1ccccc1. The Morgan fingerprint density at radius 2 is 1.86 bits per heavy atom. The number of aryl methyl sites for hydroxylation is 1. The summed E-state index contributed by atoms with van der Waals surface area (Å²) in [6.45, 7) is 11.2. The van der Waals surface area contributed by atoms with Gasteiger partial charge >= 0.3 is 5.97 Å². The highest BCUT2D eigenvalue weighted by atomic mass is 32.1. The Balaban J connectivity index is 1.88. The van der Waals surface area contributed by atoms with Gasteiger partial charge in [-0.1, -0.05) is 37.3 Å². The Hall–Kier alpha value is -1.96. The zero-order valence-electron chi connectivity index (χ0n) is 16.7. The van der Waals surface area contributed by atoms with Crippen LogP contribution in [0.5, 0.6) is 0 Å². The summed E-state index contributed by atoms with van der Waals surface area (Å²) in [5.74, 6) is -0.313. The van der Waals surface area contributed by atoms with Crippen LogP contribution in [0, 0.1) is 6.92 Å². The number of thiophene rings is 1. The lowest BCUT2D eigenvalue weighted by molar-refractivity contribution is 0.0529. The van der Waals surface area contributed by atoms with E-state index in [1.165, 1.54) is 0 Å². The second kappa shape index (κ2) is 9.49. The van der Waals surface area contributed by atoms with Crippen molar-refractivity contribution in [2.75, 3.05) is 44.6 Å². The molecule has 28 heavy (non-hydrogen) atoms. The fourth-order valence-corrected chi connectivity index (χ4v) is 4.84. The van der Waals surface area contributed by atoms with Gasteiger partial charge in [0.25, 0.3) is 0 Å². The molecule has 7 heteroatoms. The largest absolute Gasteiger partial charge is 0.462 e. The third kappa shape index (κ3) is 4.54. The Labute approximate surface area is 176 Å². The first-order valence-electron chi connectivity index (χ1n) is 9.69. The maximum Gasteiger partial charge on any atom is 0.341 e. The monoisotopic (exact) mass is 417 g/mol. The van der Waals surface area contributed by atoms with Gasteiger partial charge < -0.3 is 19.9 Å². The van der Waals surface area contributed by atoms with Crippen LogP contribution in [0.15, 0.2) is 30.3 Å². The lowest BCUT2D eigenvalue weighted by Gasteiger charge is -2.35. The molecule has 2 aromatic rings. The molecule has 0 unspecified atom stereocenters. The van der Waals surface area contributed by atoms with Gasteiger partial charge in [0.15, 0.2) is 5.11 Å². The standard InChI is InChI=1S/C21H27N3O2S2/c1-4-23-11-13-24(14-12-23)21(27)22-19-18(20(25)26-5-2)17(15(3)28-19)16-9-7-6-8-10-16/h6-10H,4-5,11-14H2,1-3H3,(H,22,27). The van der Waals surface area contributed by atoms with Crippen molar-refractivity contribution in [1.82, 2.24) is 9.80 Å². The van der Waals surface area contributed by atoms with Crippen LogP contribution >= 0.6 is 23.6 Å². The summed E-state index contributed by atoms with van der Waals surface area (Å²) in [5, 5.41) is 4.77. The van der Waals surface area contributed by atoms with Crippen molar-refractivity contribution in [1.29, 1.82) is 0 Å². The smallest absolute Gasteiger partial charge is 0.341 e. The third-order valence-corrected chi connectivity index (χ3v) is 6.33. The van der Waals surface area contributed by atoms with Gasteiger partial charge in [-0.2, -0.15) is 0 Å². The lowest BCUT2D eigenvalue weighted by atomic mass is 10.0. The third-order valence-electron chi connectivity index (χ3n) is 4.95. The number of rotatable bonds is 5. The van der Waals surface area contributed by atoms with Gasteiger partial charge in [-0.25, -0.2) is 4.79 Å².